The molecule has 0 amide bonds. The summed E-state index contributed by atoms with van der Waals surface area (Å²) in [6, 6.07) is 9.53. The van der Waals surface area contributed by atoms with Crippen molar-refractivity contribution in [1.82, 2.24) is 14.9 Å². The molecule has 1 fully saturated rings. The highest BCUT2D eigenvalue weighted by Crippen LogP contribution is 2.35. The molecule has 1 aromatic heterocycles. The van der Waals surface area contributed by atoms with E-state index in [0.29, 0.717) is 18.1 Å². The third kappa shape index (κ3) is 5.45. The predicted octanol–water partition coefficient (Wildman–Crippen LogP) is 1.37. The summed E-state index contributed by atoms with van der Waals surface area (Å²) in [5.74, 6) is -0.675. The van der Waals surface area contributed by atoms with Crippen molar-refractivity contribution in [2.45, 2.75) is 31.3 Å². The standard InChI is InChI=1S/C15H16N4O4S.C5H11N/c1-18-12-11(13(22)17-14(18)23)19(7-9-5-3-2-4-6-9)15(16-12)24-8-10(20)21;1-2-4-6-5-3-1/h2-6,15-16H,7-8H2,1H3,(H,20,21)(H,17,22,23);6H,1-5H2. The normalized spacial score (nSPS) is 17.5. The number of aliphatic carboxylic acids is 1. The van der Waals surface area contributed by atoms with Crippen LogP contribution in [0.3, 0.4) is 0 Å². The number of carboxylic acid groups (broad SMARTS) is 1. The first-order valence-electron chi connectivity index (χ1n) is 9.92. The molecule has 10 heteroatoms. The van der Waals surface area contributed by atoms with E-state index in [1.54, 1.807) is 11.9 Å². The first kappa shape index (κ1) is 22.0. The molecule has 2 aromatic rings. The maximum absolute atomic E-state index is 12.3. The smallest absolute Gasteiger partial charge is 0.329 e. The van der Waals surface area contributed by atoms with Gasteiger partial charge in [0.25, 0.3) is 5.56 Å². The van der Waals surface area contributed by atoms with Crippen molar-refractivity contribution in [2.75, 3.05) is 29.1 Å². The molecule has 1 aromatic carbocycles. The van der Waals surface area contributed by atoms with Crippen LogP contribution in [0.5, 0.6) is 0 Å². The molecule has 3 heterocycles. The number of rotatable bonds is 5. The maximum atomic E-state index is 12.3. The van der Waals surface area contributed by atoms with Gasteiger partial charge in [0, 0.05) is 13.6 Å². The minimum Gasteiger partial charge on any atom is -0.481 e. The van der Waals surface area contributed by atoms with Gasteiger partial charge >= 0.3 is 11.7 Å². The van der Waals surface area contributed by atoms with Gasteiger partial charge in [0.15, 0.2) is 5.50 Å². The fraction of sp³-hybridized carbons (Fsp3) is 0.450. The highest BCUT2D eigenvalue weighted by Gasteiger charge is 2.34. The fourth-order valence-corrected chi connectivity index (χ4v) is 4.23. The summed E-state index contributed by atoms with van der Waals surface area (Å²) >= 11 is 1.15. The zero-order valence-electron chi connectivity index (χ0n) is 16.9. The fourth-order valence-electron chi connectivity index (χ4n) is 3.38. The maximum Gasteiger partial charge on any atom is 0.329 e. The number of nitrogens with zero attached hydrogens (tertiary/aromatic N) is 2. The number of piperidine rings is 1. The minimum atomic E-state index is -0.944. The number of H-pyrrole nitrogens is 1. The SMILES string of the molecule is C1CCNCC1.Cn1c2c(c(=O)[nH]c1=O)N(Cc1ccccc1)C(SCC(=O)O)N2. The Hall–Kier alpha value is -2.72. The van der Waals surface area contributed by atoms with E-state index in [4.69, 9.17) is 5.11 Å². The molecule has 2 aliphatic heterocycles. The molecule has 30 heavy (non-hydrogen) atoms. The van der Waals surface area contributed by atoms with E-state index in [-0.39, 0.29) is 5.75 Å². The Balaban J connectivity index is 0.000000367. The predicted molar refractivity (Wildman–Crippen MR) is 119 cm³/mol. The second-order valence-corrected chi connectivity index (χ2v) is 8.21. The Kier molecular flexibility index (Phi) is 7.58. The zero-order chi connectivity index (χ0) is 21.5. The van der Waals surface area contributed by atoms with Crippen LogP contribution in [0, 0.1) is 0 Å². The molecule has 0 spiro atoms. The number of nitrogens with one attached hydrogen (secondary N) is 3. The molecule has 4 rings (SSSR count). The summed E-state index contributed by atoms with van der Waals surface area (Å²) in [5.41, 5.74) is -0.152. The Morgan fingerprint density at radius 1 is 1.17 bits per heavy atom. The monoisotopic (exact) mass is 433 g/mol. The number of carbonyl (C=O) groups is 1. The van der Waals surface area contributed by atoms with Crippen molar-refractivity contribution in [1.29, 1.82) is 0 Å². The molecule has 0 radical (unpaired) electrons. The van der Waals surface area contributed by atoms with Crippen molar-refractivity contribution in [3.8, 4) is 0 Å². The molecule has 9 nitrogen and oxygen atoms in total. The molecule has 1 atom stereocenters. The van der Waals surface area contributed by atoms with Crippen LogP contribution in [-0.4, -0.2) is 45.0 Å². The Labute approximate surface area is 178 Å². The number of hydrogen-bond acceptors (Lipinski definition) is 7. The van der Waals surface area contributed by atoms with E-state index in [0.717, 1.165) is 17.3 Å². The van der Waals surface area contributed by atoms with Gasteiger partial charge in [-0.1, -0.05) is 36.8 Å². The third-order valence-corrected chi connectivity index (χ3v) is 6.00. The van der Waals surface area contributed by atoms with Gasteiger partial charge in [0.1, 0.15) is 11.5 Å². The quantitative estimate of drug-likeness (QED) is 0.558. The summed E-state index contributed by atoms with van der Waals surface area (Å²) in [6.07, 6.45) is 4.22. The summed E-state index contributed by atoms with van der Waals surface area (Å²) in [7, 11) is 1.55. The van der Waals surface area contributed by atoms with Crippen LogP contribution in [0.4, 0.5) is 11.5 Å². The van der Waals surface area contributed by atoms with Crippen molar-refractivity contribution in [3.05, 3.63) is 56.7 Å². The van der Waals surface area contributed by atoms with Crippen LogP contribution in [0.15, 0.2) is 39.9 Å². The molecule has 2 aliphatic rings. The summed E-state index contributed by atoms with van der Waals surface area (Å²) in [4.78, 5) is 39.0. The molecule has 0 aliphatic carbocycles. The minimum absolute atomic E-state index is 0.122. The molecule has 4 N–H and O–H groups in total. The highest BCUT2D eigenvalue weighted by atomic mass is 32.2. The van der Waals surface area contributed by atoms with Crippen molar-refractivity contribution in [2.24, 2.45) is 7.05 Å². The van der Waals surface area contributed by atoms with Crippen LogP contribution in [0.2, 0.25) is 0 Å². The Morgan fingerprint density at radius 3 is 2.43 bits per heavy atom. The van der Waals surface area contributed by atoms with Gasteiger partial charge in [-0.25, -0.2) is 4.79 Å². The largest absolute Gasteiger partial charge is 0.481 e. The average Bonchev–Trinajstić information content (AvgIpc) is 3.12. The van der Waals surface area contributed by atoms with Gasteiger partial charge in [0.2, 0.25) is 0 Å². The molecule has 0 bridgehead atoms. The Bertz CT molecular complexity index is 960. The molecular weight excluding hydrogens is 406 g/mol. The zero-order valence-corrected chi connectivity index (χ0v) is 17.7. The first-order valence-corrected chi connectivity index (χ1v) is 11.0. The van der Waals surface area contributed by atoms with Crippen molar-refractivity contribution < 1.29 is 9.90 Å². The number of carboxylic acids is 1. The Morgan fingerprint density at radius 2 is 1.87 bits per heavy atom. The van der Waals surface area contributed by atoms with E-state index >= 15 is 0 Å². The van der Waals surface area contributed by atoms with Crippen LogP contribution in [0.1, 0.15) is 24.8 Å². The number of anilines is 2. The van der Waals surface area contributed by atoms with Gasteiger partial charge in [-0.3, -0.25) is 19.1 Å². The number of benzene rings is 1. The third-order valence-electron chi connectivity index (χ3n) is 4.90. The average molecular weight is 434 g/mol. The summed E-state index contributed by atoms with van der Waals surface area (Å²) < 4.78 is 1.32. The lowest BCUT2D eigenvalue weighted by molar-refractivity contribution is -0.133. The van der Waals surface area contributed by atoms with Crippen molar-refractivity contribution >= 4 is 29.2 Å². The number of aromatic amines is 1. The van der Waals surface area contributed by atoms with Gasteiger partial charge in [-0.15, -0.1) is 11.8 Å². The van der Waals surface area contributed by atoms with E-state index in [2.05, 4.69) is 15.6 Å². The second-order valence-electron chi connectivity index (χ2n) is 7.14. The molecular formula is C20H27N5O4S. The van der Waals surface area contributed by atoms with Crippen LogP contribution >= 0.6 is 11.8 Å². The van der Waals surface area contributed by atoms with Crippen LogP contribution in [-0.2, 0) is 18.4 Å². The van der Waals surface area contributed by atoms with Crippen LogP contribution < -0.4 is 26.8 Å². The lowest BCUT2D eigenvalue weighted by atomic mass is 10.2. The lowest BCUT2D eigenvalue weighted by Crippen LogP contribution is -2.36. The molecule has 162 valence electrons. The van der Waals surface area contributed by atoms with E-state index in [1.165, 1.54) is 36.9 Å². The van der Waals surface area contributed by atoms with Crippen LogP contribution in [0.25, 0.3) is 0 Å². The van der Waals surface area contributed by atoms with E-state index in [9.17, 15) is 14.4 Å². The number of fused-ring (bicyclic) bond motifs is 1. The second kappa shape index (κ2) is 10.4. The number of hydrogen-bond donors (Lipinski definition) is 4. The van der Waals surface area contributed by atoms with E-state index < -0.39 is 22.7 Å². The molecule has 1 saturated heterocycles. The van der Waals surface area contributed by atoms with Gasteiger partial charge in [-0.2, -0.15) is 0 Å². The summed E-state index contributed by atoms with van der Waals surface area (Å²) in [5, 5.41) is 15.3. The number of aromatic nitrogens is 2. The van der Waals surface area contributed by atoms with E-state index in [1.807, 2.05) is 30.3 Å². The van der Waals surface area contributed by atoms with Crippen molar-refractivity contribution in [3.63, 3.8) is 0 Å². The first-order chi connectivity index (χ1) is 14.5. The molecule has 0 saturated carbocycles. The highest BCUT2D eigenvalue weighted by molar-refractivity contribution is 8.00. The lowest BCUT2D eigenvalue weighted by Gasteiger charge is -2.25. The topological polar surface area (TPSA) is 119 Å². The molecule has 1 unspecified atom stereocenters. The summed E-state index contributed by atoms with van der Waals surface area (Å²) in [6.45, 7) is 2.92. The van der Waals surface area contributed by atoms with Gasteiger partial charge < -0.3 is 20.6 Å². The van der Waals surface area contributed by atoms with Gasteiger partial charge in [0.05, 0.1) is 5.75 Å². The number of thioether (sulfide) groups is 1. The van der Waals surface area contributed by atoms with Gasteiger partial charge in [-0.05, 0) is 31.5 Å².